The molecule has 0 unspecified atom stereocenters. The van der Waals surface area contributed by atoms with Crippen LogP contribution in [0, 0.1) is 6.92 Å². The molecular weight excluding hydrogens is 422 g/mol. The van der Waals surface area contributed by atoms with Gasteiger partial charge in [-0.15, -0.1) is 0 Å². The molecule has 0 radical (unpaired) electrons. The molecular formula is C18H20BrNO5S. The van der Waals surface area contributed by atoms with E-state index < -0.39 is 9.84 Å². The van der Waals surface area contributed by atoms with E-state index in [4.69, 9.17) is 9.15 Å². The molecule has 8 heteroatoms. The highest BCUT2D eigenvalue weighted by Gasteiger charge is 2.35. The zero-order valence-corrected chi connectivity index (χ0v) is 16.8. The molecule has 1 saturated heterocycles. The van der Waals surface area contributed by atoms with Crippen molar-refractivity contribution in [1.82, 2.24) is 4.90 Å². The predicted molar refractivity (Wildman–Crippen MR) is 101 cm³/mol. The number of benzene rings is 1. The Morgan fingerprint density at radius 2 is 2.15 bits per heavy atom. The largest absolute Gasteiger partial charge is 0.484 e. The second-order valence-electron chi connectivity index (χ2n) is 6.39. The van der Waals surface area contributed by atoms with Crippen LogP contribution in [0.1, 0.15) is 17.7 Å². The van der Waals surface area contributed by atoms with Crippen molar-refractivity contribution in [2.75, 3.05) is 18.1 Å². The molecule has 1 aliphatic heterocycles. The molecule has 1 atom stereocenters. The number of carbonyl (C=O) groups excluding carboxylic acids is 1. The number of rotatable bonds is 6. The lowest BCUT2D eigenvalue weighted by Gasteiger charge is -2.27. The first-order valence-corrected chi connectivity index (χ1v) is 10.9. The van der Waals surface area contributed by atoms with Gasteiger partial charge in [0, 0.05) is 6.04 Å². The van der Waals surface area contributed by atoms with Crippen LogP contribution in [-0.2, 0) is 21.2 Å². The van der Waals surface area contributed by atoms with Gasteiger partial charge in [0.25, 0.3) is 5.91 Å². The molecule has 1 fully saturated rings. The van der Waals surface area contributed by atoms with Gasteiger partial charge in [0.15, 0.2) is 21.1 Å². The molecule has 1 aliphatic rings. The molecule has 140 valence electrons. The third-order valence-electron chi connectivity index (χ3n) is 4.28. The summed E-state index contributed by atoms with van der Waals surface area (Å²) in [7, 11) is -3.11. The monoisotopic (exact) mass is 441 g/mol. The highest BCUT2D eigenvalue weighted by atomic mass is 79.9. The van der Waals surface area contributed by atoms with Gasteiger partial charge in [-0.2, -0.15) is 0 Å². The van der Waals surface area contributed by atoms with Gasteiger partial charge in [0.1, 0.15) is 11.5 Å². The zero-order valence-electron chi connectivity index (χ0n) is 14.4. The Kier molecular flexibility index (Phi) is 5.72. The highest BCUT2D eigenvalue weighted by Crippen LogP contribution is 2.23. The lowest BCUT2D eigenvalue weighted by molar-refractivity contribution is -0.136. The minimum Gasteiger partial charge on any atom is -0.484 e. The summed E-state index contributed by atoms with van der Waals surface area (Å²) in [6, 6.07) is 10.6. The molecule has 0 bridgehead atoms. The summed E-state index contributed by atoms with van der Waals surface area (Å²) < 4.78 is 35.3. The Morgan fingerprint density at radius 3 is 2.77 bits per heavy atom. The molecule has 1 amide bonds. The minimum absolute atomic E-state index is 0.0228. The number of aryl methyl sites for hydroxylation is 1. The quantitative estimate of drug-likeness (QED) is 0.688. The fraction of sp³-hybridized carbons (Fsp3) is 0.389. The van der Waals surface area contributed by atoms with E-state index in [1.165, 1.54) is 0 Å². The van der Waals surface area contributed by atoms with Crippen molar-refractivity contribution in [3.63, 3.8) is 0 Å². The van der Waals surface area contributed by atoms with Crippen LogP contribution in [-0.4, -0.2) is 43.4 Å². The van der Waals surface area contributed by atoms with E-state index in [2.05, 4.69) is 15.9 Å². The molecule has 0 N–H and O–H groups in total. The van der Waals surface area contributed by atoms with Crippen molar-refractivity contribution in [2.24, 2.45) is 0 Å². The number of furan rings is 1. The fourth-order valence-electron chi connectivity index (χ4n) is 2.98. The van der Waals surface area contributed by atoms with Crippen molar-refractivity contribution in [3.05, 3.63) is 52.4 Å². The summed E-state index contributed by atoms with van der Waals surface area (Å²) >= 11 is 3.24. The van der Waals surface area contributed by atoms with Crippen LogP contribution in [0.25, 0.3) is 0 Å². The fourth-order valence-corrected chi connectivity index (χ4v) is 5.05. The van der Waals surface area contributed by atoms with E-state index >= 15 is 0 Å². The van der Waals surface area contributed by atoms with E-state index in [0.717, 1.165) is 5.56 Å². The maximum Gasteiger partial charge on any atom is 0.261 e. The summed E-state index contributed by atoms with van der Waals surface area (Å²) in [4.78, 5) is 14.3. The topological polar surface area (TPSA) is 76.8 Å². The average Bonchev–Trinajstić information content (AvgIpc) is 3.15. The van der Waals surface area contributed by atoms with E-state index in [1.807, 2.05) is 25.1 Å². The number of sulfone groups is 1. The molecule has 1 aromatic carbocycles. The zero-order chi connectivity index (χ0) is 18.7. The maximum absolute atomic E-state index is 12.8. The molecule has 3 rings (SSSR count). The van der Waals surface area contributed by atoms with E-state index in [0.29, 0.717) is 22.6 Å². The van der Waals surface area contributed by atoms with Gasteiger partial charge in [-0.05, 0) is 59.1 Å². The summed E-state index contributed by atoms with van der Waals surface area (Å²) in [6.45, 7) is 2.00. The summed E-state index contributed by atoms with van der Waals surface area (Å²) in [5, 5.41) is 0. The van der Waals surface area contributed by atoms with Gasteiger partial charge in [0.05, 0.1) is 18.1 Å². The van der Waals surface area contributed by atoms with Gasteiger partial charge in [-0.25, -0.2) is 8.42 Å². The van der Waals surface area contributed by atoms with E-state index in [-0.39, 0.29) is 36.6 Å². The van der Waals surface area contributed by atoms with E-state index in [1.54, 1.807) is 23.1 Å². The van der Waals surface area contributed by atoms with Crippen LogP contribution in [0.4, 0.5) is 0 Å². The first kappa shape index (κ1) is 19.0. The number of hydrogen-bond acceptors (Lipinski definition) is 5. The van der Waals surface area contributed by atoms with Crippen molar-refractivity contribution >= 4 is 31.7 Å². The SMILES string of the molecule is Cc1cccc(OCC(=O)N(Cc2ccc(Br)o2)[C@H]2CCS(=O)(=O)C2)c1. The molecule has 0 saturated carbocycles. The number of carbonyl (C=O) groups is 1. The number of halogens is 1. The Morgan fingerprint density at radius 1 is 1.35 bits per heavy atom. The Balaban J connectivity index is 1.72. The van der Waals surface area contributed by atoms with Crippen molar-refractivity contribution in [2.45, 2.75) is 25.9 Å². The standard InChI is InChI=1S/C18H20BrNO5S/c1-13-3-2-4-15(9-13)24-11-18(21)20(10-16-5-6-17(19)25-16)14-7-8-26(22,23)12-14/h2-6,9,14H,7-8,10-12H2,1H3/t14-/m0/s1. The second-order valence-corrected chi connectivity index (χ2v) is 9.40. The van der Waals surface area contributed by atoms with Gasteiger partial charge >= 0.3 is 0 Å². The van der Waals surface area contributed by atoms with Gasteiger partial charge < -0.3 is 14.1 Å². The van der Waals surface area contributed by atoms with Crippen molar-refractivity contribution in [1.29, 1.82) is 0 Å². The molecule has 26 heavy (non-hydrogen) atoms. The summed E-state index contributed by atoms with van der Waals surface area (Å²) in [5.41, 5.74) is 1.04. The summed E-state index contributed by atoms with van der Waals surface area (Å²) in [6.07, 6.45) is 0.431. The Hall–Kier alpha value is -1.80. The van der Waals surface area contributed by atoms with Gasteiger partial charge in [-0.1, -0.05) is 12.1 Å². The number of nitrogens with zero attached hydrogens (tertiary/aromatic N) is 1. The van der Waals surface area contributed by atoms with Crippen LogP contribution in [0.5, 0.6) is 5.75 Å². The Bertz CT molecular complexity index is 892. The smallest absolute Gasteiger partial charge is 0.261 e. The van der Waals surface area contributed by atoms with E-state index in [9.17, 15) is 13.2 Å². The van der Waals surface area contributed by atoms with Crippen molar-refractivity contribution in [3.8, 4) is 5.75 Å². The Labute approximate surface area is 161 Å². The molecule has 2 aromatic rings. The normalized spacial score (nSPS) is 18.6. The molecule has 0 spiro atoms. The average molecular weight is 442 g/mol. The first-order valence-electron chi connectivity index (χ1n) is 8.26. The molecule has 0 aliphatic carbocycles. The molecule has 6 nitrogen and oxygen atoms in total. The van der Waals surface area contributed by atoms with Crippen molar-refractivity contribution < 1.29 is 22.4 Å². The molecule has 2 heterocycles. The second kappa shape index (κ2) is 7.84. The van der Waals surface area contributed by atoms with Crippen LogP contribution < -0.4 is 4.74 Å². The van der Waals surface area contributed by atoms with Crippen LogP contribution in [0.15, 0.2) is 45.5 Å². The summed E-state index contributed by atoms with van der Waals surface area (Å²) in [5.74, 6) is 1.01. The molecule has 1 aromatic heterocycles. The lowest BCUT2D eigenvalue weighted by atomic mass is 10.2. The van der Waals surface area contributed by atoms with Crippen LogP contribution in [0.2, 0.25) is 0 Å². The highest BCUT2D eigenvalue weighted by molar-refractivity contribution is 9.10. The number of amides is 1. The maximum atomic E-state index is 12.8. The minimum atomic E-state index is -3.11. The lowest BCUT2D eigenvalue weighted by Crippen LogP contribution is -2.43. The third-order valence-corrected chi connectivity index (χ3v) is 6.45. The predicted octanol–water partition coefficient (Wildman–Crippen LogP) is 2.95. The van der Waals surface area contributed by atoms with Crippen LogP contribution in [0.3, 0.4) is 0 Å². The van der Waals surface area contributed by atoms with Gasteiger partial charge in [-0.3, -0.25) is 4.79 Å². The number of hydrogen-bond donors (Lipinski definition) is 0. The number of ether oxygens (including phenoxy) is 1. The van der Waals surface area contributed by atoms with Crippen LogP contribution >= 0.6 is 15.9 Å². The third kappa shape index (κ3) is 4.88. The first-order chi connectivity index (χ1) is 12.3. The van der Waals surface area contributed by atoms with Gasteiger partial charge in [0.2, 0.25) is 0 Å².